The molecular formula is C24H24BrClN2O4. The van der Waals surface area contributed by atoms with E-state index in [4.69, 9.17) is 21.1 Å². The molecule has 0 radical (unpaired) electrons. The van der Waals surface area contributed by atoms with Crippen LogP contribution in [0.25, 0.3) is 0 Å². The summed E-state index contributed by atoms with van der Waals surface area (Å²) in [5, 5.41) is 3.23. The van der Waals surface area contributed by atoms with E-state index < -0.39 is 17.8 Å². The van der Waals surface area contributed by atoms with Crippen LogP contribution in [-0.2, 0) is 25.7 Å². The maximum atomic E-state index is 13.3. The number of aromatic nitrogens is 1. The summed E-state index contributed by atoms with van der Waals surface area (Å²) in [6.07, 6.45) is 4.02. The Morgan fingerprint density at radius 3 is 2.72 bits per heavy atom. The van der Waals surface area contributed by atoms with Crippen molar-refractivity contribution in [1.82, 2.24) is 10.3 Å². The summed E-state index contributed by atoms with van der Waals surface area (Å²) in [5.41, 5.74) is 2.57. The number of hydrogen-bond donors (Lipinski definition) is 1. The first-order chi connectivity index (χ1) is 15.4. The second-order valence-electron chi connectivity index (χ2n) is 8.10. The monoisotopic (exact) mass is 518 g/mol. The van der Waals surface area contributed by atoms with Gasteiger partial charge in [0, 0.05) is 28.9 Å². The molecule has 2 aliphatic rings. The predicted octanol–water partition coefficient (Wildman–Crippen LogP) is 4.91. The molecule has 1 N–H and O–H groups in total. The Labute approximate surface area is 200 Å². The zero-order valence-corrected chi connectivity index (χ0v) is 20.0. The Hall–Kier alpha value is -2.22. The Balaban J connectivity index is 1.63. The van der Waals surface area contributed by atoms with Crippen LogP contribution in [0, 0.1) is 5.92 Å². The lowest BCUT2D eigenvalue weighted by Crippen LogP contribution is -2.43. The molecule has 1 unspecified atom stereocenters. The molecule has 32 heavy (non-hydrogen) atoms. The van der Waals surface area contributed by atoms with E-state index in [2.05, 4.69) is 26.2 Å². The van der Waals surface area contributed by atoms with Gasteiger partial charge in [0.25, 0.3) is 0 Å². The number of ether oxygens (including phenoxy) is 2. The highest BCUT2D eigenvalue weighted by atomic mass is 79.9. The summed E-state index contributed by atoms with van der Waals surface area (Å²) in [6.45, 7) is 2.56. The zero-order valence-electron chi connectivity index (χ0n) is 17.6. The van der Waals surface area contributed by atoms with Crippen molar-refractivity contribution in [2.24, 2.45) is 5.92 Å². The number of halogens is 2. The Kier molecular flexibility index (Phi) is 7.28. The topological polar surface area (TPSA) is 77.5 Å². The first kappa shape index (κ1) is 23.0. The lowest BCUT2D eigenvalue weighted by molar-refractivity contribution is -0.141. The van der Waals surface area contributed by atoms with Crippen LogP contribution in [0.15, 0.2) is 58.3 Å². The summed E-state index contributed by atoms with van der Waals surface area (Å²) < 4.78 is 12.4. The fraction of sp³-hybridized carbons (Fsp3) is 0.375. The van der Waals surface area contributed by atoms with E-state index >= 15 is 0 Å². The van der Waals surface area contributed by atoms with Crippen LogP contribution in [0.3, 0.4) is 0 Å². The maximum Gasteiger partial charge on any atom is 0.336 e. The molecular weight excluding hydrogens is 496 g/mol. The van der Waals surface area contributed by atoms with Gasteiger partial charge >= 0.3 is 5.97 Å². The highest BCUT2D eigenvalue weighted by Crippen LogP contribution is 2.41. The van der Waals surface area contributed by atoms with E-state index in [0.717, 1.165) is 28.4 Å². The molecule has 2 aliphatic heterocycles. The smallest absolute Gasteiger partial charge is 0.336 e. The SMILES string of the molecule is CC1=C(C(=O)OCc2ccc(Br)cc2)[C@H](c2ccc(Cl)nc2)C(C[C@H]2CCCO2)C(=O)N1. The molecule has 4 rings (SSSR count). The summed E-state index contributed by atoms with van der Waals surface area (Å²) in [4.78, 5) is 30.5. The fourth-order valence-corrected chi connectivity index (χ4v) is 4.72. The number of rotatable bonds is 6. The van der Waals surface area contributed by atoms with Crippen molar-refractivity contribution in [1.29, 1.82) is 0 Å². The van der Waals surface area contributed by atoms with Crippen molar-refractivity contribution < 1.29 is 19.1 Å². The molecule has 168 valence electrons. The number of allylic oxidation sites excluding steroid dienone is 1. The van der Waals surface area contributed by atoms with Crippen molar-refractivity contribution in [2.75, 3.05) is 6.61 Å². The summed E-state index contributed by atoms with van der Waals surface area (Å²) >= 11 is 9.39. The minimum absolute atomic E-state index is 0.00745. The largest absolute Gasteiger partial charge is 0.457 e. The third-order valence-corrected chi connectivity index (χ3v) is 6.67. The molecule has 0 aliphatic carbocycles. The lowest BCUT2D eigenvalue weighted by Gasteiger charge is -2.34. The standard InChI is InChI=1S/C24H24BrClN2O4/c1-14-21(24(30)32-13-15-4-7-17(25)8-5-15)22(16-6-9-20(26)27-12-16)19(23(29)28-14)11-18-3-2-10-31-18/h4-9,12,18-19,22H,2-3,10-11,13H2,1H3,(H,28,29)/t18-,19?,22-/m1/s1. The van der Waals surface area contributed by atoms with Crippen LogP contribution in [-0.4, -0.2) is 29.6 Å². The molecule has 1 saturated heterocycles. The van der Waals surface area contributed by atoms with Gasteiger partial charge in [0.05, 0.1) is 17.6 Å². The maximum absolute atomic E-state index is 13.3. The number of carbonyl (C=O) groups excluding carboxylic acids is 2. The average Bonchev–Trinajstić information content (AvgIpc) is 3.29. The molecule has 0 saturated carbocycles. The van der Waals surface area contributed by atoms with E-state index in [1.165, 1.54) is 0 Å². The molecule has 1 amide bonds. The second-order valence-corrected chi connectivity index (χ2v) is 9.40. The highest BCUT2D eigenvalue weighted by molar-refractivity contribution is 9.10. The van der Waals surface area contributed by atoms with Gasteiger partial charge in [0.2, 0.25) is 5.91 Å². The van der Waals surface area contributed by atoms with Crippen LogP contribution in [0.2, 0.25) is 5.15 Å². The van der Waals surface area contributed by atoms with Gasteiger partial charge in [-0.15, -0.1) is 0 Å². The number of amides is 1. The van der Waals surface area contributed by atoms with Crippen molar-refractivity contribution in [2.45, 2.75) is 44.8 Å². The average molecular weight is 520 g/mol. The first-order valence-electron chi connectivity index (χ1n) is 10.6. The molecule has 3 atom stereocenters. The van der Waals surface area contributed by atoms with Crippen LogP contribution < -0.4 is 5.32 Å². The van der Waals surface area contributed by atoms with Crippen LogP contribution in [0.1, 0.15) is 43.2 Å². The molecule has 1 fully saturated rings. The van der Waals surface area contributed by atoms with Gasteiger partial charge < -0.3 is 14.8 Å². The van der Waals surface area contributed by atoms with Crippen molar-refractivity contribution in [3.8, 4) is 0 Å². The van der Waals surface area contributed by atoms with E-state index in [-0.39, 0.29) is 18.6 Å². The van der Waals surface area contributed by atoms with Gasteiger partial charge in [-0.05, 0) is 55.5 Å². The Morgan fingerprint density at radius 1 is 1.28 bits per heavy atom. The van der Waals surface area contributed by atoms with E-state index in [1.807, 2.05) is 30.3 Å². The Bertz CT molecular complexity index is 1020. The minimum Gasteiger partial charge on any atom is -0.457 e. The van der Waals surface area contributed by atoms with E-state index in [0.29, 0.717) is 29.5 Å². The zero-order chi connectivity index (χ0) is 22.7. The third kappa shape index (κ3) is 5.22. The first-order valence-corrected chi connectivity index (χ1v) is 11.8. The van der Waals surface area contributed by atoms with Gasteiger partial charge in [-0.2, -0.15) is 0 Å². The number of hydrogen-bond acceptors (Lipinski definition) is 5. The number of pyridine rings is 1. The Morgan fingerprint density at radius 2 is 2.06 bits per heavy atom. The van der Waals surface area contributed by atoms with Crippen molar-refractivity contribution in [3.63, 3.8) is 0 Å². The van der Waals surface area contributed by atoms with Crippen molar-refractivity contribution >= 4 is 39.4 Å². The molecule has 0 bridgehead atoms. The number of nitrogens with one attached hydrogen (secondary N) is 1. The van der Waals surface area contributed by atoms with Gasteiger partial charge in [0.15, 0.2) is 0 Å². The number of benzene rings is 1. The third-order valence-electron chi connectivity index (χ3n) is 5.92. The van der Waals surface area contributed by atoms with Gasteiger partial charge in [-0.25, -0.2) is 9.78 Å². The molecule has 2 aromatic rings. The van der Waals surface area contributed by atoms with Gasteiger partial charge in [-0.1, -0.05) is 45.7 Å². The lowest BCUT2D eigenvalue weighted by atomic mass is 9.74. The molecule has 6 nitrogen and oxygen atoms in total. The minimum atomic E-state index is -0.491. The number of nitrogens with zero attached hydrogens (tertiary/aromatic N) is 1. The normalized spacial score (nSPS) is 23.2. The second kappa shape index (κ2) is 10.1. The van der Waals surface area contributed by atoms with Crippen LogP contribution in [0.4, 0.5) is 0 Å². The predicted molar refractivity (Wildman–Crippen MR) is 124 cm³/mol. The van der Waals surface area contributed by atoms with Crippen LogP contribution >= 0.6 is 27.5 Å². The molecule has 8 heteroatoms. The van der Waals surface area contributed by atoms with E-state index in [9.17, 15) is 9.59 Å². The molecule has 3 heterocycles. The molecule has 0 spiro atoms. The van der Waals surface area contributed by atoms with Crippen molar-refractivity contribution in [3.05, 3.63) is 74.6 Å². The number of carbonyl (C=O) groups is 2. The van der Waals surface area contributed by atoms with E-state index in [1.54, 1.807) is 19.2 Å². The summed E-state index contributed by atoms with van der Waals surface area (Å²) in [5.74, 6) is -1.54. The van der Waals surface area contributed by atoms with Gasteiger partial charge in [-0.3, -0.25) is 4.79 Å². The van der Waals surface area contributed by atoms with Gasteiger partial charge in [0.1, 0.15) is 11.8 Å². The van der Waals surface area contributed by atoms with Crippen LogP contribution in [0.5, 0.6) is 0 Å². The molecule has 1 aromatic heterocycles. The summed E-state index contributed by atoms with van der Waals surface area (Å²) in [7, 11) is 0. The summed E-state index contributed by atoms with van der Waals surface area (Å²) in [6, 6.07) is 11.1. The fourth-order valence-electron chi connectivity index (χ4n) is 4.34. The molecule has 1 aromatic carbocycles. The highest BCUT2D eigenvalue weighted by Gasteiger charge is 2.42. The quantitative estimate of drug-likeness (QED) is 0.433. The number of esters is 1.